The summed E-state index contributed by atoms with van der Waals surface area (Å²) in [5, 5.41) is 1.06. The maximum Gasteiger partial charge on any atom is 0.219 e. The van der Waals surface area contributed by atoms with Crippen LogP contribution in [-0.4, -0.2) is 28.1 Å². The fourth-order valence-electron chi connectivity index (χ4n) is 2.48. The van der Waals surface area contributed by atoms with E-state index < -0.39 is 0 Å². The van der Waals surface area contributed by atoms with Crippen LogP contribution in [0.4, 0.5) is 0 Å². The minimum Gasteiger partial charge on any atom is -0.336 e. The number of amides is 1. The van der Waals surface area contributed by atoms with E-state index in [-0.39, 0.29) is 11.9 Å². The van der Waals surface area contributed by atoms with E-state index in [2.05, 4.69) is 24.0 Å². The molecule has 98 valence electrons. The first-order valence-corrected chi connectivity index (χ1v) is 7.57. The van der Waals surface area contributed by atoms with Gasteiger partial charge in [-0.3, -0.25) is 4.79 Å². The third-order valence-electron chi connectivity index (χ3n) is 3.34. The Labute approximate surface area is 113 Å². The molecule has 3 nitrogen and oxygen atoms in total. The smallest absolute Gasteiger partial charge is 0.219 e. The van der Waals surface area contributed by atoms with Gasteiger partial charge < -0.3 is 4.90 Å². The summed E-state index contributed by atoms with van der Waals surface area (Å²) in [7, 11) is 0. The number of hydrogen-bond donors (Lipinski definition) is 0. The van der Waals surface area contributed by atoms with Crippen molar-refractivity contribution in [2.45, 2.75) is 44.2 Å². The fourth-order valence-corrected chi connectivity index (χ4v) is 3.06. The number of aromatic nitrogens is 1. The van der Waals surface area contributed by atoms with Crippen molar-refractivity contribution in [2.24, 2.45) is 0 Å². The van der Waals surface area contributed by atoms with Gasteiger partial charge in [0.15, 0.2) is 0 Å². The Balaban J connectivity index is 2.15. The third-order valence-corrected chi connectivity index (χ3v) is 4.17. The molecular formula is C14H20N2OS. The monoisotopic (exact) mass is 264 g/mol. The van der Waals surface area contributed by atoms with Gasteiger partial charge in [-0.05, 0) is 36.6 Å². The predicted molar refractivity (Wildman–Crippen MR) is 74.6 cm³/mol. The molecule has 1 aromatic heterocycles. The van der Waals surface area contributed by atoms with Gasteiger partial charge in [-0.15, -0.1) is 11.8 Å². The number of piperidine rings is 1. The summed E-state index contributed by atoms with van der Waals surface area (Å²) in [6.07, 6.45) is 5.30. The van der Waals surface area contributed by atoms with E-state index in [1.807, 2.05) is 11.1 Å². The highest BCUT2D eigenvalue weighted by Gasteiger charge is 2.25. The van der Waals surface area contributed by atoms with E-state index >= 15 is 0 Å². The van der Waals surface area contributed by atoms with Crippen LogP contribution in [0.3, 0.4) is 0 Å². The highest BCUT2D eigenvalue weighted by molar-refractivity contribution is 7.99. The first-order valence-electron chi connectivity index (χ1n) is 6.58. The number of hydrogen-bond acceptors (Lipinski definition) is 3. The van der Waals surface area contributed by atoms with E-state index in [1.54, 1.807) is 18.7 Å². The Hall–Kier alpha value is -1.03. The van der Waals surface area contributed by atoms with Crippen LogP contribution in [0.15, 0.2) is 23.4 Å². The molecule has 1 atom stereocenters. The van der Waals surface area contributed by atoms with E-state index in [4.69, 9.17) is 0 Å². The SMILES string of the molecule is CCSc1ccc(C2CCCCN2C(C)=O)cn1. The molecule has 0 aromatic carbocycles. The molecule has 0 spiro atoms. The number of likely N-dealkylation sites (tertiary alicyclic amines) is 1. The summed E-state index contributed by atoms with van der Waals surface area (Å²) in [5.41, 5.74) is 1.17. The Morgan fingerprint density at radius 3 is 2.94 bits per heavy atom. The van der Waals surface area contributed by atoms with Gasteiger partial charge in [0.25, 0.3) is 0 Å². The summed E-state index contributed by atoms with van der Waals surface area (Å²) in [4.78, 5) is 18.1. The average molecular weight is 264 g/mol. The zero-order valence-corrected chi connectivity index (χ0v) is 11.9. The lowest BCUT2D eigenvalue weighted by Crippen LogP contribution is -2.36. The number of rotatable bonds is 3. The van der Waals surface area contributed by atoms with Crippen molar-refractivity contribution in [3.05, 3.63) is 23.9 Å². The molecule has 0 radical (unpaired) electrons. The fraction of sp³-hybridized carbons (Fsp3) is 0.571. The van der Waals surface area contributed by atoms with Crippen LogP contribution in [0.2, 0.25) is 0 Å². The molecule has 18 heavy (non-hydrogen) atoms. The highest BCUT2D eigenvalue weighted by atomic mass is 32.2. The zero-order chi connectivity index (χ0) is 13.0. The van der Waals surface area contributed by atoms with Gasteiger partial charge in [0.2, 0.25) is 5.91 Å². The Bertz CT molecular complexity index is 405. The molecule has 0 saturated carbocycles. The minimum atomic E-state index is 0.173. The lowest BCUT2D eigenvalue weighted by molar-refractivity contribution is -0.132. The van der Waals surface area contributed by atoms with Crippen molar-refractivity contribution >= 4 is 17.7 Å². The van der Waals surface area contributed by atoms with Crippen molar-refractivity contribution in [1.82, 2.24) is 9.88 Å². The number of thioether (sulfide) groups is 1. The quantitative estimate of drug-likeness (QED) is 0.786. The van der Waals surface area contributed by atoms with Crippen molar-refractivity contribution in [3.63, 3.8) is 0 Å². The van der Waals surface area contributed by atoms with Gasteiger partial charge in [0, 0.05) is 19.7 Å². The van der Waals surface area contributed by atoms with E-state index in [1.165, 1.54) is 12.0 Å². The second-order valence-electron chi connectivity index (χ2n) is 4.59. The molecule has 2 heterocycles. The third kappa shape index (κ3) is 3.05. The van der Waals surface area contributed by atoms with Gasteiger partial charge in [-0.1, -0.05) is 13.0 Å². The predicted octanol–water partition coefficient (Wildman–Crippen LogP) is 3.27. The van der Waals surface area contributed by atoms with Gasteiger partial charge in [-0.2, -0.15) is 0 Å². The summed E-state index contributed by atoms with van der Waals surface area (Å²) in [5.74, 6) is 1.21. The van der Waals surface area contributed by atoms with Crippen LogP contribution in [0.5, 0.6) is 0 Å². The van der Waals surface area contributed by atoms with E-state index in [0.29, 0.717) is 0 Å². The molecule has 1 unspecified atom stereocenters. The van der Waals surface area contributed by atoms with Crippen LogP contribution in [0.25, 0.3) is 0 Å². The topological polar surface area (TPSA) is 33.2 Å². The van der Waals surface area contributed by atoms with Gasteiger partial charge in [-0.25, -0.2) is 4.98 Å². The molecule has 0 aliphatic carbocycles. The number of nitrogens with zero attached hydrogens (tertiary/aromatic N) is 2. The summed E-state index contributed by atoms with van der Waals surface area (Å²) in [6.45, 7) is 4.66. The molecule has 1 aliphatic heterocycles. The number of carbonyl (C=O) groups excluding carboxylic acids is 1. The van der Waals surface area contributed by atoms with E-state index in [0.717, 1.165) is 30.2 Å². The molecule has 0 bridgehead atoms. The average Bonchev–Trinajstić information content (AvgIpc) is 2.40. The first kappa shape index (κ1) is 13.4. The van der Waals surface area contributed by atoms with Crippen LogP contribution in [0, 0.1) is 0 Å². The standard InChI is InChI=1S/C14H20N2OS/c1-3-18-14-8-7-12(10-15-14)13-6-4-5-9-16(13)11(2)17/h7-8,10,13H,3-6,9H2,1-2H3. The number of carbonyl (C=O) groups is 1. The molecule has 1 saturated heterocycles. The molecule has 0 N–H and O–H groups in total. The molecular weight excluding hydrogens is 244 g/mol. The van der Waals surface area contributed by atoms with Crippen molar-refractivity contribution < 1.29 is 4.79 Å². The van der Waals surface area contributed by atoms with Crippen molar-refractivity contribution in [2.75, 3.05) is 12.3 Å². The van der Waals surface area contributed by atoms with Crippen molar-refractivity contribution in [3.8, 4) is 0 Å². The zero-order valence-electron chi connectivity index (χ0n) is 11.1. The molecule has 1 amide bonds. The van der Waals surface area contributed by atoms with E-state index in [9.17, 15) is 4.79 Å². The normalized spacial score (nSPS) is 19.9. The minimum absolute atomic E-state index is 0.173. The molecule has 1 fully saturated rings. The lowest BCUT2D eigenvalue weighted by atomic mass is 9.96. The van der Waals surface area contributed by atoms with Gasteiger partial charge in [0.05, 0.1) is 11.1 Å². The Morgan fingerprint density at radius 2 is 2.33 bits per heavy atom. The van der Waals surface area contributed by atoms with Gasteiger partial charge >= 0.3 is 0 Å². The van der Waals surface area contributed by atoms with Crippen molar-refractivity contribution in [1.29, 1.82) is 0 Å². The largest absolute Gasteiger partial charge is 0.336 e. The molecule has 2 rings (SSSR count). The summed E-state index contributed by atoms with van der Waals surface area (Å²) in [6, 6.07) is 4.41. The maximum absolute atomic E-state index is 11.7. The second-order valence-corrected chi connectivity index (χ2v) is 5.87. The van der Waals surface area contributed by atoms with Gasteiger partial charge in [0.1, 0.15) is 0 Å². The summed E-state index contributed by atoms with van der Waals surface area (Å²) >= 11 is 1.75. The lowest BCUT2D eigenvalue weighted by Gasteiger charge is -2.35. The second kappa shape index (κ2) is 6.23. The maximum atomic E-state index is 11.7. The Morgan fingerprint density at radius 1 is 1.50 bits per heavy atom. The highest BCUT2D eigenvalue weighted by Crippen LogP contribution is 2.31. The Kier molecular flexibility index (Phi) is 4.64. The van der Waals surface area contributed by atoms with Crippen LogP contribution in [-0.2, 0) is 4.79 Å². The molecule has 1 aliphatic rings. The van der Waals surface area contributed by atoms with Crippen LogP contribution in [0.1, 0.15) is 44.7 Å². The number of pyridine rings is 1. The summed E-state index contributed by atoms with van der Waals surface area (Å²) < 4.78 is 0. The van der Waals surface area contributed by atoms with Crippen LogP contribution >= 0.6 is 11.8 Å². The molecule has 4 heteroatoms. The van der Waals surface area contributed by atoms with Crippen LogP contribution < -0.4 is 0 Å². The molecule has 1 aromatic rings. The first-order chi connectivity index (χ1) is 8.72.